The number of rotatable bonds is 3. The molecule has 0 saturated heterocycles. The highest BCUT2D eigenvalue weighted by molar-refractivity contribution is 6.28. The molecule has 92 valence electrons. The molecule has 1 aromatic heterocycles. The first-order chi connectivity index (χ1) is 8.56. The van der Waals surface area contributed by atoms with Crippen LogP contribution in [0.25, 0.3) is 0 Å². The van der Waals surface area contributed by atoms with Crippen molar-refractivity contribution >= 4 is 17.3 Å². The Hall–Kier alpha value is -2.21. The number of nitrogens with zero attached hydrogens (tertiary/aromatic N) is 3. The van der Waals surface area contributed by atoms with Crippen molar-refractivity contribution in [1.82, 2.24) is 9.97 Å². The second kappa shape index (κ2) is 4.97. The Morgan fingerprint density at radius 1 is 1.39 bits per heavy atom. The Labute approximate surface area is 107 Å². The number of nitro benzene ring substituents is 1. The summed E-state index contributed by atoms with van der Waals surface area (Å²) in [7, 11) is 0. The average molecular weight is 266 g/mol. The Kier molecular flexibility index (Phi) is 3.38. The lowest BCUT2D eigenvalue weighted by molar-refractivity contribution is -0.385. The van der Waals surface area contributed by atoms with Gasteiger partial charge in [-0.3, -0.25) is 10.1 Å². The Bertz CT molecular complexity index is 604. The van der Waals surface area contributed by atoms with E-state index in [-0.39, 0.29) is 22.6 Å². The first kappa shape index (κ1) is 12.3. The maximum Gasteiger partial charge on any atom is 0.311 e. The molecule has 2 rings (SSSR count). The van der Waals surface area contributed by atoms with Gasteiger partial charge in [-0.15, -0.1) is 0 Å². The summed E-state index contributed by atoms with van der Waals surface area (Å²) in [5, 5.41) is 10.9. The third-order valence-electron chi connectivity index (χ3n) is 2.13. The summed E-state index contributed by atoms with van der Waals surface area (Å²) in [5.74, 6) is 0.276. The zero-order valence-electron chi connectivity index (χ0n) is 9.33. The summed E-state index contributed by atoms with van der Waals surface area (Å²) in [6.45, 7) is 1.81. The molecule has 7 heteroatoms. The number of nitro groups is 1. The van der Waals surface area contributed by atoms with Crippen LogP contribution in [0.5, 0.6) is 11.6 Å². The Balaban J connectivity index is 2.39. The van der Waals surface area contributed by atoms with E-state index < -0.39 is 4.92 Å². The summed E-state index contributed by atoms with van der Waals surface area (Å²) < 4.78 is 5.36. The molecule has 0 radical (unpaired) electrons. The van der Waals surface area contributed by atoms with Crippen LogP contribution in [-0.2, 0) is 0 Å². The van der Waals surface area contributed by atoms with E-state index in [2.05, 4.69) is 9.97 Å². The van der Waals surface area contributed by atoms with Crippen molar-refractivity contribution in [3.63, 3.8) is 0 Å². The number of hydrogen-bond acceptors (Lipinski definition) is 5. The van der Waals surface area contributed by atoms with Gasteiger partial charge < -0.3 is 4.74 Å². The number of benzene rings is 1. The molecule has 2 aromatic rings. The van der Waals surface area contributed by atoms with Gasteiger partial charge in [-0.1, -0.05) is 6.07 Å². The largest absolute Gasteiger partial charge is 0.432 e. The zero-order valence-corrected chi connectivity index (χ0v) is 10.1. The zero-order chi connectivity index (χ0) is 13.1. The third kappa shape index (κ3) is 2.72. The van der Waals surface area contributed by atoms with Crippen molar-refractivity contribution in [2.45, 2.75) is 6.92 Å². The fourth-order valence-corrected chi connectivity index (χ4v) is 1.48. The van der Waals surface area contributed by atoms with Crippen LogP contribution in [0, 0.1) is 17.0 Å². The smallest absolute Gasteiger partial charge is 0.311 e. The third-order valence-corrected chi connectivity index (χ3v) is 2.31. The minimum absolute atomic E-state index is 0.0165. The van der Waals surface area contributed by atoms with E-state index in [4.69, 9.17) is 16.3 Å². The minimum Gasteiger partial charge on any atom is -0.432 e. The molecule has 0 amide bonds. The first-order valence-electron chi connectivity index (χ1n) is 4.98. The van der Waals surface area contributed by atoms with Gasteiger partial charge in [-0.2, -0.15) is 4.98 Å². The topological polar surface area (TPSA) is 78.2 Å². The number of aromatic nitrogens is 2. The maximum atomic E-state index is 10.9. The molecule has 0 aliphatic heterocycles. The van der Waals surface area contributed by atoms with Gasteiger partial charge in [-0.05, 0) is 30.2 Å². The van der Waals surface area contributed by atoms with E-state index in [0.717, 1.165) is 5.56 Å². The highest BCUT2D eigenvalue weighted by Crippen LogP contribution is 2.31. The molecular weight excluding hydrogens is 258 g/mol. The molecule has 1 aromatic carbocycles. The number of hydrogen-bond donors (Lipinski definition) is 0. The second-order valence-corrected chi connectivity index (χ2v) is 3.83. The van der Waals surface area contributed by atoms with E-state index in [9.17, 15) is 10.1 Å². The van der Waals surface area contributed by atoms with Crippen LogP contribution >= 0.6 is 11.6 Å². The van der Waals surface area contributed by atoms with E-state index in [1.54, 1.807) is 12.1 Å². The van der Waals surface area contributed by atoms with E-state index in [0.29, 0.717) is 0 Å². The molecule has 18 heavy (non-hydrogen) atoms. The molecule has 0 aliphatic carbocycles. The van der Waals surface area contributed by atoms with Gasteiger partial charge in [0.2, 0.25) is 16.9 Å². The summed E-state index contributed by atoms with van der Waals surface area (Å²) >= 11 is 5.61. The van der Waals surface area contributed by atoms with Crippen molar-refractivity contribution in [1.29, 1.82) is 0 Å². The van der Waals surface area contributed by atoms with Crippen LogP contribution in [0.2, 0.25) is 5.28 Å². The van der Waals surface area contributed by atoms with Crippen LogP contribution in [-0.4, -0.2) is 14.9 Å². The predicted molar refractivity (Wildman–Crippen MR) is 64.9 cm³/mol. The maximum absolute atomic E-state index is 10.9. The quantitative estimate of drug-likeness (QED) is 0.484. The predicted octanol–water partition coefficient (Wildman–Crippen LogP) is 3.14. The molecule has 0 aliphatic rings. The Morgan fingerprint density at radius 2 is 2.17 bits per heavy atom. The monoisotopic (exact) mass is 265 g/mol. The van der Waals surface area contributed by atoms with Crippen LogP contribution < -0.4 is 4.74 Å². The van der Waals surface area contributed by atoms with E-state index in [1.165, 1.54) is 18.3 Å². The van der Waals surface area contributed by atoms with Crippen LogP contribution in [0.3, 0.4) is 0 Å². The van der Waals surface area contributed by atoms with Gasteiger partial charge >= 0.3 is 5.69 Å². The van der Waals surface area contributed by atoms with Crippen molar-refractivity contribution in [3.8, 4) is 11.6 Å². The molecule has 0 N–H and O–H groups in total. The second-order valence-electron chi connectivity index (χ2n) is 3.49. The van der Waals surface area contributed by atoms with Gasteiger partial charge in [-0.25, -0.2) is 4.98 Å². The molecular formula is C11H8ClN3O3. The van der Waals surface area contributed by atoms with Crippen molar-refractivity contribution < 1.29 is 9.66 Å². The van der Waals surface area contributed by atoms with Crippen LogP contribution in [0.15, 0.2) is 30.5 Å². The van der Waals surface area contributed by atoms with Crippen molar-refractivity contribution in [3.05, 3.63) is 51.4 Å². The first-order valence-corrected chi connectivity index (χ1v) is 5.35. The van der Waals surface area contributed by atoms with Gasteiger partial charge in [0.05, 0.1) is 4.92 Å². The molecule has 0 saturated carbocycles. The van der Waals surface area contributed by atoms with Crippen LogP contribution in [0.1, 0.15) is 5.56 Å². The summed E-state index contributed by atoms with van der Waals surface area (Å²) in [5.41, 5.74) is 0.714. The van der Waals surface area contributed by atoms with Gasteiger partial charge in [0.25, 0.3) is 0 Å². The fourth-order valence-electron chi connectivity index (χ4n) is 1.34. The lowest BCUT2D eigenvalue weighted by atomic mass is 10.2. The lowest BCUT2D eigenvalue weighted by Crippen LogP contribution is -1.95. The summed E-state index contributed by atoms with van der Waals surface area (Å²) in [6.07, 6.45) is 1.41. The average Bonchev–Trinajstić information content (AvgIpc) is 2.28. The number of ether oxygens (including phenoxy) is 1. The minimum atomic E-state index is -0.516. The Morgan fingerprint density at radius 3 is 2.83 bits per heavy atom. The van der Waals surface area contributed by atoms with Gasteiger partial charge in [0, 0.05) is 18.3 Å². The van der Waals surface area contributed by atoms with E-state index >= 15 is 0 Å². The summed E-state index contributed by atoms with van der Waals surface area (Å²) in [6, 6.07) is 6.05. The molecule has 0 atom stereocenters. The molecule has 0 fully saturated rings. The SMILES string of the molecule is Cc1ccc([N+](=O)[O-])c(Oc2ccnc(Cl)n2)c1. The van der Waals surface area contributed by atoms with Crippen LogP contribution in [0.4, 0.5) is 5.69 Å². The van der Waals surface area contributed by atoms with Crippen molar-refractivity contribution in [2.24, 2.45) is 0 Å². The molecule has 0 spiro atoms. The van der Waals surface area contributed by atoms with Gasteiger partial charge in [0.1, 0.15) is 0 Å². The molecule has 0 bridgehead atoms. The number of aryl methyl sites for hydroxylation is 1. The van der Waals surface area contributed by atoms with Gasteiger partial charge in [0.15, 0.2) is 0 Å². The van der Waals surface area contributed by atoms with Crippen molar-refractivity contribution in [2.75, 3.05) is 0 Å². The highest BCUT2D eigenvalue weighted by atomic mass is 35.5. The lowest BCUT2D eigenvalue weighted by Gasteiger charge is -2.05. The normalized spacial score (nSPS) is 10.1. The standard InChI is InChI=1S/C11H8ClN3O3/c1-7-2-3-8(15(16)17)9(6-7)18-10-4-5-13-11(12)14-10/h2-6H,1H3. The summed E-state index contributed by atoms with van der Waals surface area (Å²) in [4.78, 5) is 17.8. The number of halogens is 1. The van der Waals surface area contributed by atoms with E-state index in [1.807, 2.05) is 6.92 Å². The molecule has 6 nitrogen and oxygen atoms in total. The molecule has 1 heterocycles. The fraction of sp³-hybridized carbons (Fsp3) is 0.0909. The molecule has 0 unspecified atom stereocenters. The highest BCUT2D eigenvalue weighted by Gasteiger charge is 2.16.